The molecule has 0 radical (unpaired) electrons. The van der Waals surface area contributed by atoms with E-state index in [4.69, 9.17) is 5.84 Å². The Morgan fingerprint density at radius 1 is 0.677 bits per heavy atom. The molecule has 0 aliphatic carbocycles. The summed E-state index contributed by atoms with van der Waals surface area (Å²) in [5, 5.41) is 2.26. The number of hydrogen-bond acceptors (Lipinski definition) is 3. The van der Waals surface area contributed by atoms with E-state index in [0.717, 1.165) is 16.6 Å². The quantitative estimate of drug-likeness (QED) is 0.313. The lowest BCUT2D eigenvalue weighted by Gasteiger charge is -2.14. The van der Waals surface area contributed by atoms with E-state index in [-0.39, 0.29) is 10.9 Å². The molecule has 0 amide bonds. The van der Waals surface area contributed by atoms with E-state index in [2.05, 4.69) is 32.7 Å². The zero-order chi connectivity index (χ0) is 22.0. The second-order valence-corrected chi connectivity index (χ2v) is 8.96. The summed E-state index contributed by atoms with van der Waals surface area (Å²) in [5.74, 6) is 7.07. The van der Waals surface area contributed by atoms with Gasteiger partial charge in [0.15, 0.2) is 10.9 Å². The number of nitrogen functional groups attached to an aromatic ring is 1. The summed E-state index contributed by atoms with van der Waals surface area (Å²) in [6.45, 7) is 8.40. The number of fused-ring (bicyclic) bond motifs is 4. The Morgan fingerprint density at radius 3 is 1.90 bits per heavy atom. The Hall–Kier alpha value is -3.60. The maximum Gasteiger partial charge on any atom is 0.197 e. The van der Waals surface area contributed by atoms with Crippen molar-refractivity contribution in [3.63, 3.8) is 0 Å². The van der Waals surface area contributed by atoms with Crippen molar-refractivity contribution in [2.75, 3.05) is 5.84 Å². The standard InChI is InChI=1S/C26H25N3O2/c1-13(2)15-5-7-21-17(9-15)25(30)18-12-24-20(11-22(18)28-21)26(31)19-10-16(14(3)4)6-8-23(19)29(24)27/h5-14H,27H2,1-4H3,(H,28,30). The summed E-state index contributed by atoms with van der Waals surface area (Å²) in [4.78, 5) is 30.0. The van der Waals surface area contributed by atoms with E-state index in [9.17, 15) is 9.59 Å². The van der Waals surface area contributed by atoms with Gasteiger partial charge in [0.2, 0.25) is 0 Å². The Kier molecular flexibility index (Phi) is 4.19. The number of hydrogen-bond donors (Lipinski definition) is 2. The summed E-state index contributed by atoms with van der Waals surface area (Å²) in [6.07, 6.45) is 0. The maximum atomic E-state index is 13.4. The van der Waals surface area contributed by atoms with Gasteiger partial charge in [-0.05, 0) is 59.4 Å². The number of nitrogens with zero attached hydrogens (tertiary/aromatic N) is 1. The monoisotopic (exact) mass is 411 g/mol. The first-order chi connectivity index (χ1) is 14.8. The van der Waals surface area contributed by atoms with E-state index in [1.165, 1.54) is 4.68 Å². The lowest BCUT2D eigenvalue weighted by atomic mass is 9.98. The number of H-pyrrole nitrogens is 1. The van der Waals surface area contributed by atoms with Crippen LogP contribution < -0.4 is 16.7 Å². The molecular formula is C26H25N3O2. The number of nitrogens with two attached hydrogens (primary N) is 1. The largest absolute Gasteiger partial charge is 0.354 e. The molecule has 0 saturated carbocycles. The highest BCUT2D eigenvalue weighted by Crippen LogP contribution is 2.26. The van der Waals surface area contributed by atoms with Gasteiger partial charge in [-0.25, -0.2) is 0 Å². The van der Waals surface area contributed by atoms with Crippen LogP contribution >= 0.6 is 0 Å². The van der Waals surface area contributed by atoms with Gasteiger partial charge in [0.1, 0.15) is 0 Å². The highest BCUT2D eigenvalue weighted by molar-refractivity contribution is 6.03. The van der Waals surface area contributed by atoms with Gasteiger partial charge in [0.05, 0.1) is 21.9 Å². The minimum Gasteiger partial charge on any atom is -0.354 e. The Balaban J connectivity index is 1.92. The van der Waals surface area contributed by atoms with Gasteiger partial charge in [-0.3, -0.25) is 14.3 Å². The summed E-state index contributed by atoms with van der Waals surface area (Å²) in [5.41, 5.74) is 4.66. The fourth-order valence-corrected chi connectivity index (χ4v) is 4.35. The van der Waals surface area contributed by atoms with Crippen LogP contribution in [-0.4, -0.2) is 9.66 Å². The molecule has 0 aliphatic heterocycles. The lowest BCUT2D eigenvalue weighted by Crippen LogP contribution is -2.18. The van der Waals surface area contributed by atoms with Crippen molar-refractivity contribution < 1.29 is 0 Å². The van der Waals surface area contributed by atoms with Gasteiger partial charge < -0.3 is 10.8 Å². The van der Waals surface area contributed by atoms with Gasteiger partial charge in [-0.15, -0.1) is 0 Å². The molecular weight excluding hydrogens is 386 g/mol. The highest BCUT2D eigenvalue weighted by atomic mass is 16.1. The normalized spacial score (nSPS) is 12.2. The SMILES string of the molecule is CC(C)c1ccc2[nH]c3cc4c(=O)c5cc(C(C)C)ccc5n(N)c4cc3c(=O)c2c1. The molecule has 5 rings (SSSR count). The van der Waals surface area contributed by atoms with Crippen LogP contribution in [-0.2, 0) is 0 Å². The molecule has 2 heterocycles. The van der Waals surface area contributed by atoms with Crippen molar-refractivity contribution in [1.29, 1.82) is 0 Å². The van der Waals surface area contributed by atoms with Crippen molar-refractivity contribution in [1.82, 2.24) is 9.66 Å². The predicted octanol–water partition coefficient (Wildman–Crippen LogP) is 5.11. The first kappa shape index (κ1) is 19.4. The topological polar surface area (TPSA) is 80.9 Å². The van der Waals surface area contributed by atoms with E-state index in [1.807, 2.05) is 36.4 Å². The summed E-state index contributed by atoms with van der Waals surface area (Å²) < 4.78 is 1.52. The fraction of sp³-hybridized carbons (Fsp3) is 0.231. The van der Waals surface area contributed by atoms with Crippen molar-refractivity contribution in [2.45, 2.75) is 39.5 Å². The molecule has 0 aliphatic rings. The summed E-state index contributed by atoms with van der Waals surface area (Å²) >= 11 is 0. The van der Waals surface area contributed by atoms with Gasteiger partial charge >= 0.3 is 0 Å². The third-order valence-electron chi connectivity index (χ3n) is 6.30. The van der Waals surface area contributed by atoms with Crippen LogP contribution in [0.5, 0.6) is 0 Å². The second kappa shape index (κ2) is 6.71. The third kappa shape index (κ3) is 2.84. The minimum absolute atomic E-state index is 0.0594. The van der Waals surface area contributed by atoms with Crippen LogP contribution in [0.3, 0.4) is 0 Å². The molecule has 0 unspecified atom stereocenters. The molecule has 3 aromatic carbocycles. The van der Waals surface area contributed by atoms with Crippen molar-refractivity contribution in [3.8, 4) is 0 Å². The molecule has 2 aromatic heterocycles. The van der Waals surface area contributed by atoms with Gasteiger partial charge in [0.25, 0.3) is 0 Å². The van der Waals surface area contributed by atoms with Crippen molar-refractivity contribution >= 4 is 43.6 Å². The fourth-order valence-electron chi connectivity index (χ4n) is 4.35. The molecule has 0 fully saturated rings. The van der Waals surface area contributed by atoms with Crippen LogP contribution in [0, 0.1) is 0 Å². The number of rotatable bonds is 2. The smallest absolute Gasteiger partial charge is 0.197 e. The van der Waals surface area contributed by atoms with Gasteiger partial charge in [-0.2, -0.15) is 0 Å². The molecule has 5 aromatic rings. The number of pyridine rings is 2. The molecule has 0 bridgehead atoms. The number of nitrogens with one attached hydrogen (secondary N) is 1. The zero-order valence-corrected chi connectivity index (χ0v) is 18.1. The summed E-state index contributed by atoms with van der Waals surface area (Å²) in [6, 6.07) is 15.2. The molecule has 31 heavy (non-hydrogen) atoms. The van der Waals surface area contributed by atoms with Crippen LogP contribution in [0.1, 0.15) is 50.7 Å². The Labute approximate surface area is 179 Å². The molecule has 0 atom stereocenters. The first-order valence-electron chi connectivity index (χ1n) is 10.6. The minimum atomic E-state index is -0.0767. The molecule has 5 nitrogen and oxygen atoms in total. The van der Waals surface area contributed by atoms with E-state index in [1.54, 1.807) is 12.1 Å². The van der Waals surface area contributed by atoms with Crippen LogP contribution in [0.2, 0.25) is 0 Å². The van der Waals surface area contributed by atoms with E-state index >= 15 is 0 Å². The number of aromatic amines is 1. The first-order valence-corrected chi connectivity index (χ1v) is 10.6. The second-order valence-electron chi connectivity index (χ2n) is 8.96. The van der Waals surface area contributed by atoms with Crippen molar-refractivity contribution in [3.05, 3.63) is 80.1 Å². The zero-order valence-electron chi connectivity index (χ0n) is 18.1. The molecule has 3 N–H and O–H groups in total. The van der Waals surface area contributed by atoms with E-state index < -0.39 is 0 Å². The molecule has 5 heteroatoms. The average molecular weight is 412 g/mol. The highest BCUT2D eigenvalue weighted by Gasteiger charge is 2.15. The summed E-state index contributed by atoms with van der Waals surface area (Å²) in [7, 11) is 0. The van der Waals surface area contributed by atoms with Crippen LogP contribution in [0.15, 0.2) is 58.1 Å². The predicted molar refractivity (Wildman–Crippen MR) is 130 cm³/mol. The maximum absolute atomic E-state index is 13.4. The molecule has 156 valence electrons. The van der Waals surface area contributed by atoms with Crippen LogP contribution in [0.25, 0.3) is 43.6 Å². The Morgan fingerprint density at radius 2 is 1.23 bits per heavy atom. The molecule has 0 saturated heterocycles. The van der Waals surface area contributed by atoms with Crippen molar-refractivity contribution in [2.24, 2.45) is 0 Å². The third-order valence-corrected chi connectivity index (χ3v) is 6.30. The average Bonchev–Trinajstić information content (AvgIpc) is 2.76. The van der Waals surface area contributed by atoms with Crippen LogP contribution in [0.4, 0.5) is 0 Å². The molecule has 0 spiro atoms. The number of aromatic nitrogens is 2. The lowest BCUT2D eigenvalue weighted by molar-refractivity contribution is 0.868. The van der Waals surface area contributed by atoms with Gasteiger partial charge in [-0.1, -0.05) is 39.8 Å². The number of benzene rings is 3. The Bertz CT molecular complexity index is 1640. The van der Waals surface area contributed by atoms with E-state index in [0.29, 0.717) is 49.9 Å². The van der Waals surface area contributed by atoms with Gasteiger partial charge in [0, 0.05) is 21.7 Å².